The first-order valence-electron chi connectivity index (χ1n) is 6.36. The topological polar surface area (TPSA) is 20.3 Å². The van der Waals surface area contributed by atoms with Crippen molar-refractivity contribution < 1.29 is 4.79 Å². The van der Waals surface area contributed by atoms with Crippen molar-refractivity contribution in [2.24, 2.45) is 5.41 Å². The molecule has 1 amide bonds. The van der Waals surface area contributed by atoms with E-state index >= 15 is 0 Å². The maximum absolute atomic E-state index is 12.6. The molecular weight excluding hydrogens is 210 g/mol. The highest BCUT2D eigenvalue weighted by molar-refractivity contribution is 5.84. The van der Waals surface area contributed by atoms with Crippen molar-refractivity contribution in [3.05, 3.63) is 31.2 Å². The molecule has 0 saturated carbocycles. The molecule has 95 valence electrons. The normalized spacial score (nSPS) is 19.5. The van der Waals surface area contributed by atoms with Crippen molar-refractivity contribution in [1.82, 2.24) is 4.90 Å². The predicted molar refractivity (Wildman–Crippen MR) is 72.5 cm³/mol. The Hall–Kier alpha value is -1.05. The van der Waals surface area contributed by atoms with Crippen LogP contribution in [0.25, 0.3) is 0 Å². The summed E-state index contributed by atoms with van der Waals surface area (Å²) in [5.74, 6) is 1.57. The van der Waals surface area contributed by atoms with Crippen LogP contribution in [0.15, 0.2) is 25.3 Å². The molecule has 1 heterocycles. The van der Waals surface area contributed by atoms with Gasteiger partial charge in [-0.15, -0.1) is 13.2 Å². The summed E-state index contributed by atoms with van der Waals surface area (Å²) >= 11 is 0. The zero-order valence-electron chi connectivity index (χ0n) is 11.2. The molecule has 1 radical (unpaired) electrons. The largest absolute Gasteiger partial charge is 0.342 e. The summed E-state index contributed by atoms with van der Waals surface area (Å²) in [5.41, 5.74) is -0.267. The van der Waals surface area contributed by atoms with Crippen LogP contribution in [0.1, 0.15) is 39.5 Å². The van der Waals surface area contributed by atoms with Crippen molar-refractivity contribution in [1.29, 1.82) is 0 Å². The summed E-state index contributed by atoms with van der Waals surface area (Å²) in [6.45, 7) is 13.4. The second-order valence-corrected chi connectivity index (χ2v) is 5.30. The summed E-state index contributed by atoms with van der Waals surface area (Å²) in [6, 6.07) is 0. The minimum absolute atomic E-state index is 0.267. The van der Waals surface area contributed by atoms with Gasteiger partial charge in [-0.05, 0) is 31.6 Å². The summed E-state index contributed by atoms with van der Waals surface area (Å²) in [7, 11) is 0. The Bertz CT molecular complexity index is 283. The molecule has 2 nitrogen and oxygen atoms in total. The lowest BCUT2D eigenvalue weighted by atomic mass is 9.73. The number of piperidine rings is 1. The van der Waals surface area contributed by atoms with Gasteiger partial charge in [-0.2, -0.15) is 0 Å². The quantitative estimate of drug-likeness (QED) is 0.645. The van der Waals surface area contributed by atoms with E-state index in [4.69, 9.17) is 0 Å². The van der Waals surface area contributed by atoms with Gasteiger partial charge in [0.15, 0.2) is 0 Å². The number of carbonyl (C=O) groups is 1. The van der Waals surface area contributed by atoms with Crippen LogP contribution in [-0.4, -0.2) is 23.9 Å². The van der Waals surface area contributed by atoms with Crippen LogP contribution >= 0.6 is 0 Å². The van der Waals surface area contributed by atoms with Crippen molar-refractivity contribution in [2.75, 3.05) is 13.1 Å². The molecule has 0 atom stereocenters. The third-order valence-corrected chi connectivity index (χ3v) is 3.40. The molecule has 0 spiro atoms. The van der Waals surface area contributed by atoms with E-state index in [1.54, 1.807) is 0 Å². The average molecular weight is 234 g/mol. The van der Waals surface area contributed by atoms with Gasteiger partial charge < -0.3 is 4.90 Å². The van der Waals surface area contributed by atoms with Crippen LogP contribution in [0.3, 0.4) is 0 Å². The maximum atomic E-state index is 12.6. The maximum Gasteiger partial charge on any atom is 0.229 e. The fraction of sp³-hybridized carbons (Fsp3) is 0.600. The Morgan fingerprint density at radius 2 is 1.94 bits per heavy atom. The first kappa shape index (κ1) is 14.0. The number of amides is 1. The standard InChI is InChI=1S/C15H24NO/c1-5-8-15(9-6-2)10-7-11-16(14(15)17)12-13(3)4/h5-6H,1-2,7-12H2,3-4H3. The van der Waals surface area contributed by atoms with Gasteiger partial charge in [0.2, 0.25) is 5.91 Å². The van der Waals surface area contributed by atoms with Gasteiger partial charge in [0.1, 0.15) is 0 Å². The molecule has 0 aromatic heterocycles. The van der Waals surface area contributed by atoms with Crippen LogP contribution in [0.2, 0.25) is 0 Å². The van der Waals surface area contributed by atoms with E-state index in [1.165, 1.54) is 5.92 Å². The highest BCUT2D eigenvalue weighted by Crippen LogP contribution is 2.39. The molecule has 0 N–H and O–H groups in total. The molecule has 17 heavy (non-hydrogen) atoms. The molecule has 1 fully saturated rings. The minimum Gasteiger partial charge on any atom is -0.342 e. The van der Waals surface area contributed by atoms with Crippen LogP contribution in [0, 0.1) is 11.3 Å². The highest BCUT2D eigenvalue weighted by Gasteiger charge is 2.41. The zero-order chi connectivity index (χ0) is 12.9. The molecule has 1 aliphatic rings. The average Bonchev–Trinajstić information content (AvgIpc) is 2.25. The smallest absolute Gasteiger partial charge is 0.229 e. The van der Waals surface area contributed by atoms with Crippen molar-refractivity contribution >= 4 is 5.91 Å². The van der Waals surface area contributed by atoms with E-state index in [9.17, 15) is 4.79 Å². The highest BCUT2D eigenvalue weighted by atomic mass is 16.2. The predicted octanol–water partition coefficient (Wildman–Crippen LogP) is 3.36. The number of hydrogen-bond donors (Lipinski definition) is 0. The number of rotatable bonds is 6. The van der Waals surface area contributed by atoms with E-state index in [-0.39, 0.29) is 11.3 Å². The first-order valence-corrected chi connectivity index (χ1v) is 6.36. The van der Waals surface area contributed by atoms with E-state index in [0.717, 1.165) is 38.8 Å². The molecule has 1 aliphatic heterocycles. The number of carbonyl (C=O) groups excluding carboxylic acids is 1. The Kier molecular flexibility index (Phi) is 4.98. The molecule has 1 rings (SSSR count). The lowest BCUT2D eigenvalue weighted by Crippen LogP contribution is -2.49. The molecule has 0 bridgehead atoms. The number of hydrogen-bond acceptors (Lipinski definition) is 1. The van der Waals surface area contributed by atoms with Crippen LogP contribution in [-0.2, 0) is 4.79 Å². The van der Waals surface area contributed by atoms with Gasteiger partial charge in [-0.25, -0.2) is 0 Å². The molecule has 0 unspecified atom stereocenters. The zero-order valence-corrected chi connectivity index (χ0v) is 11.2. The van der Waals surface area contributed by atoms with Gasteiger partial charge in [0.25, 0.3) is 0 Å². The van der Waals surface area contributed by atoms with Crippen molar-refractivity contribution in [3.63, 3.8) is 0 Å². The lowest BCUT2D eigenvalue weighted by molar-refractivity contribution is -0.145. The molecule has 1 saturated heterocycles. The third-order valence-electron chi connectivity index (χ3n) is 3.40. The Labute approximate surface area is 105 Å². The van der Waals surface area contributed by atoms with E-state index in [2.05, 4.69) is 27.0 Å². The monoisotopic (exact) mass is 234 g/mol. The Morgan fingerprint density at radius 3 is 2.41 bits per heavy atom. The van der Waals surface area contributed by atoms with Crippen molar-refractivity contribution in [3.8, 4) is 0 Å². The molecule has 0 aromatic carbocycles. The molecule has 0 aromatic rings. The van der Waals surface area contributed by atoms with Crippen LogP contribution in [0.5, 0.6) is 0 Å². The summed E-state index contributed by atoms with van der Waals surface area (Å²) in [6.07, 6.45) is 7.30. The van der Waals surface area contributed by atoms with Gasteiger partial charge in [0.05, 0.1) is 5.41 Å². The van der Waals surface area contributed by atoms with E-state index < -0.39 is 0 Å². The van der Waals surface area contributed by atoms with Gasteiger partial charge >= 0.3 is 0 Å². The fourth-order valence-electron chi connectivity index (χ4n) is 2.70. The summed E-state index contributed by atoms with van der Waals surface area (Å²) < 4.78 is 0. The molecule has 0 aliphatic carbocycles. The molecule has 2 heteroatoms. The van der Waals surface area contributed by atoms with Crippen molar-refractivity contribution in [2.45, 2.75) is 39.5 Å². The fourth-order valence-corrected chi connectivity index (χ4v) is 2.70. The van der Waals surface area contributed by atoms with Gasteiger partial charge in [-0.3, -0.25) is 4.79 Å². The van der Waals surface area contributed by atoms with Crippen LogP contribution in [0.4, 0.5) is 0 Å². The second-order valence-electron chi connectivity index (χ2n) is 5.30. The Balaban J connectivity index is 2.85. The van der Waals surface area contributed by atoms with E-state index in [0.29, 0.717) is 0 Å². The number of allylic oxidation sites excluding steroid dienone is 2. The summed E-state index contributed by atoms with van der Waals surface area (Å²) in [4.78, 5) is 14.6. The Morgan fingerprint density at radius 1 is 1.35 bits per heavy atom. The second kappa shape index (κ2) is 6.04. The minimum atomic E-state index is -0.267. The first-order chi connectivity index (χ1) is 8.05. The number of likely N-dealkylation sites (tertiary alicyclic amines) is 1. The SMILES string of the molecule is C=CCC1(CC=C)CCCN(C[C](C)C)C1=O. The lowest BCUT2D eigenvalue weighted by Gasteiger charge is -2.41. The van der Waals surface area contributed by atoms with Gasteiger partial charge in [-0.1, -0.05) is 26.0 Å². The molecular formula is C15H24NO. The van der Waals surface area contributed by atoms with Gasteiger partial charge in [0, 0.05) is 13.1 Å². The summed E-state index contributed by atoms with van der Waals surface area (Å²) in [5, 5.41) is 0. The van der Waals surface area contributed by atoms with E-state index in [1.807, 2.05) is 17.1 Å². The van der Waals surface area contributed by atoms with Crippen LogP contribution < -0.4 is 0 Å². The number of nitrogens with zero attached hydrogens (tertiary/aromatic N) is 1. The third kappa shape index (κ3) is 3.21.